The summed E-state index contributed by atoms with van der Waals surface area (Å²) in [5.41, 5.74) is 2.04. The molecule has 0 radical (unpaired) electrons. The van der Waals surface area contributed by atoms with E-state index in [4.69, 9.17) is 8.94 Å². The minimum absolute atomic E-state index is 0.0844. The van der Waals surface area contributed by atoms with Gasteiger partial charge in [-0.2, -0.15) is 0 Å². The van der Waals surface area contributed by atoms with Crippen molar-refractivity contribution >= 4 is 27.5 Å². The van der Waals surface area contributed by atoms with Crippen LogP contribution in [0.3, 0.4) is 0 Å². The maximum atomic E-state index is 12.6. The summed E-state index contributed by atoms with van der Waals surface area (Å²) in [4.78, 5) is 17.1. The minimum Gasteiger partial charge on any atom is -0.457 e. The Kier molecular flexibility index (Phi) is 4.53. The van der Waals surface area contributed by atoms with Crippen molar-refractivity contribution in [2.75, 3.05) is 0 Å². The van der Waals surface area contributed by atoms with E-state index in [0.29, 0.717) is 28.5 Å². The lowest BCUT2D eigenvalue weighted by Gasteiger charge is -2.05. The summed E-state index contributed by atoms with van der Waals surface area (Å²) >= 11 is 1.58. The molecule has 27 heavy (non-hydrogen) atoms. The highest BCUT2D eigenvalue weighted by Crippen LogP contribution is 2.31. The van der Waals surface area contributed by atoms with Gasteiger partial charge in [-0.25, -0.2) is 4.98 Å². The summed E-state index contributed by atoms with van der Waals surface area (Å²) in [5.74, 6) is 1.83. The van der Waals surface area contributed by atoms with Crippen LogP contribution in [-0.2, 0) is 6.54 Å². The van der Waals surface area contributed by atoms with Crippen LogP contribution >= 0.6 is 11.3 Å². The minimum atomic E-state index is -0.213. The number of benzene rings is 1. The number of rotatable bonds is 5. The van der Waals surface area contributed by atoms with E-state index in [9.17, 15) is 4.79 Å². The molecule has 3 aromatic heterocycles. The second kappa shape index (κ2) is 7.00. The lowest BCUT2D eigenvalue weighted by Crippen LogP contribution is -2.24. The largest absolute Gasteiger partial charge is 0.457 e. The molecule has 0 unspecified atom stereocenters. The number of nitrogens with one attached hydrogen (secondary N) is 1. The SMILES string of the molecule is Cc1noc(C(C)C)c1C(=O)NCc1ccc(-c2nc3ccccc3s2)o1. The summed E-state index contributed by atoms with van der Waals surface area (Å²) in [6.07, 6.45) is 0. The van der Waals surface area contributed by atoms with Crippen LogP contribution in [0.15, 0.2) is 45.3 Å². The van der Waals surface area contributed by atoms with Crippen LogP contribution in [0.4, 0.5) is 0 Å². The van der Waals surface area contributed by atoms with Crippen LogP contribution in [0.25, 0.3) is 21.0 Å². The van der Waals surface area contributed by atoms with Crippen LogP contribution < -0.4 is 5.32 Å². The summed E-state index contributed by atoms with van der Waals surface area (Å²) in [7, 11) is 0. The predicted octanol–water partition coefficient (Wildman–Crippen LogP) is 4.91. The third-order valence-corrected chi connectivity index (χ3v) is 5.28. The monoisotopic (exact) mass is 381 g/mol. The van der Waals surface area contributed by atoms with E-state index in [1.165, 1.54) is 0 Å². The summed E-state index contributed by atoms with van der Waals surface area (Å²) in [6.45, 7) is 5.98. The van der Waals surface area contributed by atoms with Gasteiger partial charge in [-0.1, -0.05) is 31.1 Å². The highest BCUT2D eigenvalue weighted by molar-refractivity contribution is 7.21. The number of amides is 1. The van der Waals surface area contributed by atoms with Crippen LogP contribution in [0, 0.1) is 6.92 Å². The van der Waals surface area contributed by atoms with Crippen molar-refractivity contribution in [3.05, 3.63) is 59.2 Å². The van der Waals surface area contributed by atoms with E-state index in [-0.39, 0.29) is 18.4 Å². The van der Waals surface area contributed by atoms with Gasteiger partial charge in [0.2, 0.25) is 0 Å². The Morgan fingerprint density at radius 1 is 1.22 bits per heavy atom. The Balaban J connectivity index is 1.48. The molecule has 0 aliphatic carbocycles. The molecule has 4 aromatic rings. The third-order valence-electron chi connectivity index (χ3n) is 4.23. The maximum absolute atomic E-state index is 12.6. The first-order valence-electron chi connectivity index (χ1n) is 8.72. The summed E-state index contributed by atoms with van der Waals surface area (Å²) < 4.78 is 12.3. The van der Waals surface area contributed by atoms with Crippen molar-refractivity contribution in [3.8, 4) is 10.8 Å². The van der Waals surface area contributed by atoms with Gasteiger partial charge in [0.15, 0.2) is 16.5 Å². The zero-order chi connectivity index (χ0) is 19.0. The molecule has 0 bridgehead atoms. The summed E-state index contributed by atoms with van der Waals surface area (Å²) in [6, 6.07) is 11.7. The average Bonchev–Trinajstić information content (AvgIpc) is 3.36. The molecule has 3 heterocycles. The molecule has 0 aliphatic heterocycles. The Labute approximate surface area is 160 Å². The number of hydrogen-bond donors (Lipinski definition) is 1. The van der Waals surface area contributed by atoms with E-state index in [2.05, 4.69) is 15.5 Å². The van der Waals surface area contributed by atoms with E-state index < -0.39 is 0 Å². The molecule has 0 saturated heterocycles. The van der Waals surface area contributed by atoms with Crippen LogP contribution in [0.2, 0.25) is 0 Å². The van der Waals surface area contributed by atoms with Gasteiger partial charge in [0.25, 0.3) is 5.91 Å². The molecule has 138 valence electrons. The first-order valence-corrected chi connectivity index (χ1v) is 9.53. The quantitative estimate of drug-likeness (QED) is 0.531. The Morgan fingerprint density at radius 3 is 2.81 bits per heavy atom. The number of hydrogen-bond acceptors (Lipinski definition) is 6. The molecule has 7 heteroatoms. The molecule has 1 aromatic carbocycles. The molecule has 0 aliphatic rings. The molecule has 4 rings (SSSR count). The molecule has 0 spiro atoms. The third kappa shape index (κ3) is 3.38. The van der Waals surface area contributed by atoms with Gasteiger partial charge < -0.3 is 14.3 Å². The predicted molar refractivity (Wildman–Crippen MR) is 104 cm³/mol. The van der Waals surface area contributed by atoms with E-state index in [1.54, 1.807) is 18.3 Å². The standard InChI is InChI=1S/C20H19N3O3S/c1-11(2)18-17(12(3)23-26-18)19(24)21-10-13-8-9-15(25-13)20-22-14-6-4-5-7-16(14)27-20/h4-9,11H,10H2,1-3H3,(H,21,24). The number of aromatic nitrogens is 2. The number of para-hydroxylation sites is 1. The topological polar surface area (TPSA) is 81.2 Å². The van der Waals surface area contributed by atoms with Crippen LogP contribution in [-0.4, -0.2) is 16.0 Å². The number of thiazole rings is 1. The average molecular weight is 381 g/mol. The Morgan fingerprint density at radius 2 is 2.04 bits per heavy atom. The number of carbonyl (C=O) groups excluding carboxylic acids is 1. The van der Waals surface area contributed by atoms with E-state index in [1.807, 2.05) is 50.2 Å². The smallest absolute Gasteiger partial charge is 0.257 e. The van der Waals surface area contributed by atoms with Gasteiger partial charge in [-0.3, -0.25) is 4.79 Å². The maximum Gasteiger partial charge on any atom is 0.257 e. The summed E-state index contributed by atoms with van der Waals surface area (Å²) in [5, 5.41) is 7.62. The second-order valence-corrected chi connectivity index (χ2v) is 7.63. The van der Waals surface area contributed by atoms with E-state index >= 15 is 0 Å². The fourth-order valence-electron chi connectivity index (χ4n) is 2.88. The highest BCUT2D eigenvalue weighted by atomic mass is 32.1. The van der Waals surface area contributed by atoms with Crippen molar-refractivity contribution in [3.63, 3.8) is 0 Å². The van der Waals surface area contributed by atoms with Gasteiger partial charge in [-0.15, -0.1) is 11.3 Å². The van der Waals surface area contributed by atoms with Crippen molar-refractivity contribution in [2.24, 2.45) is 0 Å². The normalized spacial score (nSPS) is 11.4. The molecule has 6 nitrogen and oxygen atoms in total. The number of fused-ring (bicyclic) bond motifs is 1. The van der Waals surface area contributed by atoms with Crippen molar-refractivity contribution < 1.29 is 13.7 Å². The highest BCUT2D eigenvalue weighted by Gasteiger charge is 2.22. The first kappa shape index (κ1) is 17.5. The van der Waals surface area contributed by atoms with Crippen molar-refractivity contribution in [2.45, 2.75) is 33.2 Å². The lowest BCUT2D eigenvalue weighted by molar-refractivity contribution is 0.0945. The fourth-order valence-corrected chi connectivity index (χ4v) is 3.81. The van der Waals surface area contributed by atoms with Gasteiger partial charge >= 0.3 is 0 Å². The van der Waals surface area contributed by atoms with Gasteiger partial charge in [0, 0.05) is 5.92 Å². The molecule has 1 amide bonds. The zero-order valence-electron chi connectivity index (χ0n) is 15.3. The number of furan rings is 1. The second-order valence-electron chi connectivity index (χ2n) is 6.60. The molecular weight excluding hydrogens is 362 g/mol. The molecular formula is C20H19N3O3S. The number of nitrogens with zero attached hydrogens (tertiary/aromatic N) is 2. The number of aryl methyl sites for hydroxylation is 1. The molecule has 1 N–H and O–H groups in total. The molecule has 0 saturated carbocycles. The van der Waals surface area contributed by atoms with E-state index in [0.717, 1.165) is 15.2 Å². The van der Waals surface area contributed by atoms with Crippen molar-refractivity contribution in [1.82, 2.24) is 15.5 Å². The van der Waals surface area contributed by atoms with Crippen LogP contribution in [0.1, 0.15) is 47.3 Å². The number of carbonyl (C=O) groups is 1. The zero-order valence-corrected chi connectivity index (χ0v) is 16.1. The Bertz CT molecular complexity index is 1070. The van der Waals surface area contributed by atoms with Gasteiger partial charge in [0.05, 0.1) is 22.5 Å². The lowest BCUT2D eigenvalue weighted by atomic mass is 10.0. The van der Waals surface area contributed by atoms with Crippen LogP contribution in [0.5, 0.6) is 0 Å². The Hall–Kier alpha value is -2.93. The molecule has 0 fully saturated rings. The first-order chi connectivity index (χ1) is 13.0. The molecule has 0 atom stereocenters. The van der Waals surface area contributed by atoms with Gasteiger partial charge in [0.1, 0.15) is 11.3 Å². The fraction of sp³-hybridized carbons (Fsp3) is 0.250. The van der Waals surface area contributed by atoms with Crippen molar-refractivity contribution in [1.29, 1.82) is 0 Å². The van der Waals surface area contributed by atoms with Gasteiger partial charge in [-0.05, 0) is 31.2 Å².